The van der Waals surface area contributed by atoms with Crippen LogP contribution in [0.2, 0.25) is 0 Å². The van der Waals surface area contributed by atoms with Gasteiger partial charge >= 0.3 is 0 Å². The predicted molar refractivity (Wildman–Crippen MR) is 81.1 cm³/mol. The number of likely N-dealkylation sites (tertiary alicyclic amines) is 1. The number of aromatic nitrogens is 2. The molecule has 0 radical (unpaired) electrons. The number of nitrogens with zero attached hydrogens (tertiary/aromatic N) is 3. The molecule has 5 nitrogen and oxygen atoms in total. The fourth-order valence-electron chi connectivity index (χ4n) is 2.46. The van der Waals surface area contributed by atoms with Crippen molar-refractivity contribution < 1.29 is 4.79 Å². The van der Waals surface area contributed by atoms with Crippen molar-refractivity contribution >= 4 is 33.3 Å². The number of rotatable bonds is 4. The van der Waals surface area contributed by atoms with Gasteiger partial charge in [0.05, 0.1) is 11.9 Å². The maximum atomic E-state index is 12.0. The molecule has 1 aliphatic rings. The Morgan fingerprint density at radius 1 is 1.40 bits per heavy atom. The first kappa shape index (κ1) is 13.3. The molecule has 0 saturated carbocycles. The number of aryl methyl sites for hydroxylation is 1. The van der Waals surface area contributed by atoms with Gasteiger partial charge in [-0.2, -0.15) is 0 Å². The molecule has 0 unspecified atom stereocenters. The third-order valence-electron chi connectivity index (χ3n) is 3.59. The summed E-state index contributed by atoms with van der Waals surface area (Å²) in [5.74, 6) is 0.915. The summed E-state index contributed by atoms with van der Waals surface area (Å²) in [5, 5.41) is 4.18. The lowest BCUT2D eigenvalue weighted by molar-refractivity contribution is -0.128. The molecule has 3 rings (SSSR count). The molecule has 0 bridgehead atoms. The number of carbonyl (C=O) groups excluding carboxylic acids is 1. The maximum absolute atomic E-state index is 12.0. The molecule has 20 heavy (non-hydrogen) atoms. The highest BCUT2D eigenvalue weighted by Gasteiger charge is 2.18. The Morgan fingerprint density at radius 2 is 2.20 bits per heavy atom. The van der Waals surface area contributed by atoms with Crippen molar-refractivity contribution in [3.05, 3.63) is 17.3 Å². The minimum Gasteiger partial charge on any atom is -0.360 e. The van der Waals surface area contributed by atoms with E-state index in [2.05, 4.69) is 28.3 Å². The number of amides is 1. The average Bonchev–Trinajstić information content (AvgIpc) is 3.13. The van der Waals surface area contributed by atoms with Gasteiger partial charge in [-0.15, -0.1) is 11.3 Å². The zero-order chi connectivity index (χ0) is 13.9. The van der Waals surface area contributed by atoms with E-state index in [-0.39, 0.29) is 5.91 Å². The van der Waals surface area contributed by atoms with Crippen LogP contribution in [0.4, 0.5) is 5.82 Å². The number of nitrogens with one attached hydrogen (secondary N) is 1. The van der Waals surface area contributed by atoms with E-state index in [0.29, 0.717) is 6.54 Å². The van der Waals surface area contributed by atoms with Crippen LogP contribution in [-0.4, -0.2) is 40.4 Å². The van der Waals surface area contributed by atoms with E-state index in [1.807, 2.05) is 4.90 Å². The first-order chi connectivity index (χ1) is 9.78. The van der Waals surface area contributed by atoms with E-state index in [4.69, 9.17) is 0 Å². The Hall–Kier alpha value is -1.69. The highest BCUT2D eigenvalue weighted by Crippen LogP contribution is 2.28. The monoisotopic (exact) mass is 290 g/mol. The van der Waals surface area contributed by atoms with E-state index in [1.54, 1.807) is 17.7 Å². The molecular formula is C14H18N4OS. The molecule has 2 aromatic heterocycles. The van der Waals surface area contributed by atoms with Gasteiger partial charge in [-0.1, -0.05) is 6.92 Å². The van der Waals surface area contributed by atoms with Gasteiger partial charge in [0.2, 0.25) is 5.91 Å². The number of fused-ring (bicyclic) bond motifs is 1. The van der Waals surface area contributed by atoms with E-state index < -0.39 is 0 Å². The molecule has 1 N–H and O–H groups in total. The molecule has 0 aromatic carbocycles. The van der Waals surface area contributed by atoms with E-state index in [9.17, 15) is 4.79 Å². The molecular weight excluding hydrogens is 272 g/mol. The van der Waals surface area contributed by atoms with Gasteiger partial charge in [0, 0.05) is 18.0 Å². The largest absolute Gasteiger partial charge is 0.360 e. The standard InChI is InChI=1S/C14H18N4OS/c1-2-10-7-11-13(16-9-17-14(11)20-10)15-8-12(19)18-5-3-4-6-18/h7,9H,2-6,8H2,1H3,(H,15,16,17). The van der Waals surface area contributed by atoms with Gasteiger partial charge in [-0.25, -0.2) is 9.97 Å². The van der Waals surface area contributed by atoms with Gasteiger partial charge in [0.1, 0.15) is 17.0 Å². The lowest BCUT2D eigenvalue weighted by atomic mass is 10.3. The van der Waals surface area contributed by atoms with E-state index in [0.717, 1.165) is 48.4 Å². The Morgan fingerprint density at radius 3 is 2.95 bits per heavy atom. The van der Waals surface area contributed by atoms with Crippen molar-refractivity contribution in [3.63, 3.8) is 0 Å². The molecule has 0 aliphatic carbocycles. The van der Waals surface area contributed by atoms with Crippen LogP contribution in [-0.2, 0) is 11.2 Å². The fraction of sp³-hybridized carbons (Fsp3) is 0.500. The number of anilines is 1. The Kier molecular flexibility index (Phi) is 3.82. The highest BCUT2D eigenvalue weighted by atomic mass is 32.1. The molecule has 1 fully saturated rings. The van der Waals surface area contributed by atoms with E-state index in [1.165, 1.54) is 4.88 Å². The van der Waals surface area contributed by atoms with Crippen molar-refractivity contribution in [2.24, 2.45) is 0 Å². The van der Waals surface area contributed by atoms with Crippen molar-refractivity contribution in [2.75, 3.05) is 25.0 Å². The lowest BCUT2D eigenvalue weighted by Crippen LogP contribution is -2.33. The minimum atomic E-state index is 0.153. The molecule has 0 atom stereocenters. The predicted octanol–water partition coefficient (Wildman–Crippen LogP) is 2.29. The zero-order valence-corrected chi connectivity index (χ0v) is 12.4. The fourth-order valence-corrected chi connectivity index (χ4v) is 3.39. The Balaban J connectivity index is 1.73. The van der Waals surface area contributed by atoms with Crippen LogP contribution in [0.25, 0.3) is 10.2 Å². The normalized spacial score (nSPS) is 14.9. The number of carbonyl (C=O) groups is 1. The summed E-state index contributed by atoms with van der Waals surface area (Å²) in [7, 11) is 0. The molecule has 106 valence electrons. The molecule has 6 heteroatoms. The summed E-state index contributed by atoms with van der Waals surface area (Å²) in [4.78, 5) is 24.8. The first-order valence-electron chi connectivity index (χ1n) is 7.03. The van der Waals surface area contributed by atoms with Gasteiger partial charge in [-0.3, -0.25) is 4.79 Å². The summed E-state index contributed by atoms with van der Waals surface area (Å²) < 4.78 is 0. The van der Waals surface area contributed by atoms with Gasteiger partial charge < -0.3 is 10.2 Å². The second-order valence-electron chi connectivity index (χ2n) is 4.95. The molecule has 1 saturated heterocycles. The summed E-state index contributed by atoms with van der Waals surface area (Å²) in [6, 6.07) is 2.11. The maximum Gasteiger partial charge on any atom is 0.241 e. The first-order valence-corrected chi connectivity index (χ1v) is 7.84. The third-order valence-corrected chi connectivity index (χ3v) is 4.78. The Bertz CT molecular complexity index is 619. The summed E-state index contributed by atoms with van der Waals surface area (Å²) in [5.41, 5.74) is 0. The van der Waals surface area contributed by atoms with Crippen LogP contribution in [0.1, 0.15) is 24.6 Å². The van der Waals surface area contributed by atoms with Crippen molar-refractivity contribution in [2.45, 2.75) is 26.2 Å². The highest BCUT2D eigenvalue weighted by molar-refractivity contribution is 7.18. The summed E-state index contributed by atoms with van der Waals surface area (Å²) in [6.45, 7) is 4.21. The summed E-state index contributed by atoms with van der Waals surface area (Å²) >= 11 is 1.68. The lowest BCUT2D eigenvalue weighted by Gasteiger charge is -2.15. The molecule has 1 aliphatic heterocycles. The van der Waals surface area contributed by atoms with Crippen molar-refractivity contribution in [1.82, 2.24) is 14.9 Å². The van der Waals surface area contributed by atoms with Crippen LogP contribution in [0.5, 0.6) is 0 Å². The second kappa shape index (κ2) is 5.75. The summed E-state index contributed by atoms with van der Waals surface area (Å²) in [6.07, 6.45) is 4.79. The quantitative estimate of drug-likeness (QED) is 0.938. The average molecular weight is 290 g/mol. The molecule has 0 spiro atoms. The van der Waals surface area contributed by atoms with Crippen molar-refractivity contribution in [1.29, 1.82) is 0 Å². The smallest absolute Gasteiger partial charge is 0.241 e. The number of hydrogen-bond acceptors (Lipinski definition) is 5. The molecule has 1 amide bonds. The second-order valence-corrected chi connectivity index (χ2v) is 6.06. The van der Waals surface area contributed by atoms with Crippen LogP contribution in [0.3, 0.4) is 0 Å². The van der Waals surface area contributed by atoms with Crippen molar-refractivity contribution in [3.8, 4) is 0 Å². The molecule has 2 aromatic rings. The number of hydrogen-bond donors (Lipinski definition) is 1. The van der Waals surface area contributed by atoms with Gasteiger partial charge in [0.25, 0.3) is 0 Å². The van der Waals surface area contributed by atoms with Gasteiger partial charge in [-0.05, 0) is 25.3 Å². The number of thiophene rings is 1. The van der Waals surface area contributed by atoms with Crippen LogP contribution in [0.15, 0.2) is 12.4 Å². The minimum absolute atomic E-state index is 0.153. The zero-order valence-electron chi connectivity index (χ0n) is 11.6. The van der Waals surface area contributed by atoms with E-state index >= 15 is 0 Å². The third kappa shape index (κ3) is 2.60. The molecule has 3 heterocycles. The Labute approximate surface area is 122 Å². The van der Waals surface area contributed by atoms with Gasteiger partial charge in [0.15, 0.2) is 0 Å². The van der Waals surface area contributed by atoms with Crippen LogP contribution in [0, 0.1) is 0 Å². The van der Waals surface area contributed by atoms with Crippen LogP contribution >= 0.6 is 11.3 Å². The SMILES string of the molecule is CCc1cc2c(NCC(=O)N3CCCC3)ncnc2s1. The van der Waals surface area contributed by atoms with Crippen LogP contribution < -0.4 is 5.32 Å². The topological polar surface area (TPSA) is 58.1 Å².